The molecule has 0 radical (unpaired) electrons. The molecule has 1 rings (SSSR count). The third kappa shape index (κ3) is 9.82. The molecule has 0 spiro atoms. The lowest BCUT2D eigenvalue weighted by Gasteiger charge is -2.20. The molecule has 0 saturated carbocycles. The van der Waals surface area contributed by atoms with Crippen molar-refractivity contribution in [1.29, 1.82) is 0 Å². The number of likely N-dealkylation sites (tertiary alicyclic amines) is 1. The number of hydrogen-bond acceptors (Lipinski definition) is 3. The topological polar surface area (TPSA) is 57.1 Å². The van der Waals surface area contributed by atoms with Crippen molar-refractivity contribution < 1.29 is 9.84 Å². The quantitative estimate of drug-likeness (QED) is 0.329. The maximum Gasteiger partial charge on any atom is 0.194 e. The number of rotatable bonds is 12. The van der Waals surface area contributed by atoms with Gasteiger partial charge < -0.3 is 20.1 Å². The van der Waals surface area contributed by atoms with Crippen molar-refractivity contribution in [3.05, 3.63) is 0 Å². The van der Waals surface area contributed by atoms with Crippen LogP contribution in [0.4, 0.5) is 0 Å². The number of β-amino-alcohol motifs (C(OH)–C–C–N with tert-alkyl or cyclic N) is 1. The number of guanidine groups is 1. The molecule has 1 atom stereocenters. The Kier molecular flexibility index (Phi) is 12.0. The summed E-state index contributed by atoms with van der Waals surface area (Å²) in [6.07, 6.45) is 9.44. The van der Waals surface area contributed by atoms with Crippen LogP contribution in [0.3, 0.4) is 0 Å². The molecule has 1 saturated heterocycles. The summed E-state index contributed by atoms with van der Waals surface area (Å²) in [7, 11) is 0. The second-order valence-electron chi connectivity index (χ2n) is 6.36. The largest absolute Gasteiger partial charge is 0.391 e. The summed E-state index contributed by atoms with van der Waals surface area (Å²) in [5.41, 5.74) is 0. The van der Waals surface area contributed by atoms with Crippen molar-refractivity contribution in [2.75, 3.05) is 39.4 Å². The Morgan fingerprint density at radius 3 is 2.57 bits per heavy atom. The first kappa shape index (κ1) is 20.2. The van der Waals surface area contributed by atoms with E-state index in [-0.39, 0.29) is 6.10 Å². The zero-order valence-corrected chi connectivity index (χ0v) is 15.2. The summed E-state index contributed by atoms with van der Waals surface area (Å²) in [6, 6.07) is 0. The van der Waals surface area contributed by atoms with Gasteiger partial charge in [0.15, 0.2) is 5.96 Å². The molecule has 23 heavy (non-hydrogen) atoms. The fraction of sp³-hybridized carbons (Fsp3) is 0.944. The highest BCUT2D eigenvalue weighted by molar-refractivity contribution is 5.80. The Hall–Kier alpha value is -0.810. The van der Waals surface area contributed by atoms with Gasteiger partial charge in [-0.1, -0.05) is 39.0 Å². The zero-order valence-electron chi connectivity index (χ0n) is 15.2. The average Bonchev–Trinajstić information content (AvgIpc) is 2.98. The lowest BCUT2D eigenvalue weighted by molar-refractivity contribution is 0.129. The van der Waals surface area contributed by atoms with Crippen LogP contribution < -0.4 is 5.32 Å². The van der Waals surface area contributed by atoms with E-state index in [1.807, 2.05) is 0 Å². The minimum Gasteiger partial charge on any atom is -0.391 e. The van der Waals surface area contributed by atoms with Gasteiger partial charge in [-0.25, -0.2) is 0 Å². The highest BCUT2D eigenvalue weighted by Crippen LogP contribution is 2.09. The second kappa shape index (κ2) is 13.6. The van der Waals surface area contributed by atoms with Crippen molar-refractivity contribution in [3.63, 3.8) is 0 Å². The molecule has 0 bridgehead atoms. The highest BCUT2D eigenvalue weighted by Gasteiger charge is 2.22. The average molecular weight is 328 g/mol. The van der Waals surface area contributed by atoms with E-state index in [4.69, 9.17) is 4.74 Å². The first-order valence-corrected chi connectivity index (χ1v) is 9.57. The Balaban J connectivity index is 2.02. The predicted molar refractivity (Wildman–Crippen MR) is 97.0 cm³/mol. The number of unbranched alkanes of at least 4 members (excludes halogenated alkanes) is 5. The maximum atomic E-state index is 9.63. The first-order valence-electron chi connectivity index (χ1n) is 9.57. The van der Waals surface area contributed by atoms with Gasteiger partial charge in [-0.2, -0.15) is 0 Å². The number of aliphatic imine (C=N–C) groups is 1. The number of hydrogen-bond donors (Lipinski definition) is 2. The van der Waals surface area contributed by atoms with E-state index in [0.29, 0.717) is 6.54 Å². The monoisotopic (exact) mass is 327 g/mol. The molecule has 0 aliphatic carbocycles. The van der Waals surface area contributed by atoms with E-state index in [1.54, 1.807) is 0 Å². The summed E-state index contributed by atoms with van der Waals surface area (Å²) in [5.74, 6) is 0.931. The second-order valence-corrected chi connectivity index (χ2v) is 6.36. The lowest BCUT2D eigenvalue weighted by Crippen LogP contribution is -2.40. The molecule has 0 aromatic rings. The predicted octanol–water partition coefficient (Wildman–Crippen LogP) is 2.79. The minimum absolute atomic E-state index is 0.209. The third-order valence-electron chi connectivity index (χ3n) is 4.15. The molecule has 1 aliphatic rings. The number of aliphatic hydroxyl groups is 1. The summed E-state index contributed by atoms with van der Waals surface area (Å²) in [5, 5.41) is 12.9. The van der Waals surface area contributed by atoms with Gasteiger partial charge in [0.2, 0.25) is 0 Å². The normalized spacial score (nSPS) is 18.7. The molecule has 5 heteroatoms. The zero-order chi connectivity index (χ0) is 16.8. The van der Waals surface area contributed by atoms with Crippen molar-refractivity contribution >= 4 is 5.96 Å². The Bertz CT molecular complexity index is 311. The van der Waals surface area contributed by atoms with Gasteiger partial charge in [-0.05, 0) is 26.2 Å². The molecule has 0 aromatic heterocycles. The van der Waals surface area contributed by atoms with Gasteiger partial charge in [0, 0.05) is 39.4 Å². The summed E-state index contributed by atoms with van der Waals surface area (Å²) < 4.78 is 5.68. The van der Waals surface area contributed by atoms with Gasteiger partial charge in [0.05, 0.1) is 6.10 Å². The van der Waals surface area contributed by atoms with Crippen LogP contribution in [0, 0.1) is 0 Å². The maximum absolute atomic E-state index is 9.63. The van der Waals surface area contributed by atoms with E-state index in [2.05, 4.69) is 29.1 Å². The van der Waals surface area contributed by atoms with Crippen LogP contribution in [0.2, 0.25) is 0 Å². The van der Waals surface area contributed by atoms with Crippen LogP contribution in [0.15, 0.2) is 4.99 Å². The molecule has 5 nitrogen and oxygen atoms in total. The highest BCUT2D eigenvalue weighted by atomic mass is 16.5. The molecule has 2 N–H and O–H groups in total. The molecule has 1 heterocycles. The fourth-order valence-electron chi connectivity index (χ4n) is 2.80. The number of aliphatic hydroxyl groups excluding tert-OH is 1. The van der Waals surface area contributed by atoms with E-state index in [0.717, 1.165) is 51.6 Å². The van der Waals surface area contributed by atoms with Crippen LogP contribution in [-0.4, -0.2) is 61.5 Å². The summed E-state index contributed by atoms with van der Waals surface area (Å²) in [6.45, 7) is 9.23. The minimum atomic E-state index is -0.209. The van der Waals surface area contributed by atoms with Crippen LogP contribution in [0.5, 0.6) is 0 Å². The number of ether oxygens (including phenoxy) is 1. The van der Waals surface area contributed by atoms with Crippen molar-refractivity contribution in [2.45, 2.75) is 71.3 Å². The summed E-state index contributed by atoms with van der Waals surface area (Å²) >= 11 is 0. The van der Waals surface area contributed by atoms with Gasteiger partial charge in [-0.3, -0.25) is 4.99 Å². The number of nitrogens with zero attached hydrogens (tertiary/aromatic N) is 2. The Morgan fingerprint density at radius 1 is 1.13 bits per heavy atom. The van der Waals surface area contributed by atoms with E-state index >= 15 is 0 Å². The van der Waals surface area contributed by atoms with Crippen molar-refractivity contribution in [1.82, 2.24) is 10.2 Å². The SMILES string of the molecule is CCCCCCCCOCCCN=C(NCC)N1CC[C@@H](O)C1. The number of nitrogens with one attached hydrogen (secondary N) is 1. The molecule has 0 amide bonds. The standard InChI is InChI=1S/C18H37N3O2/c1-3-5-6-7-8-9-14-23-15-10-12-20-18(19-4-2)21-13-11-17(22)16-21/h17,22H,3-16H2,1-2H3,(H,19,20)/t17-/m1/s1. The van der Waals surface area contributed by atoms with Crippen LogP contribution in [-0.2, 0) is 4.74 Å². The lowest BCUT2D eigenvalue weighted by atomic mass is 10.1. The van der Waals surface area contributed by atoms with Crippen LogP contribution in [0.25, 0.3) is 0 Å². The Morgan fingerprint density at radius 2 is 1.87 bits per heavy atom. The van der Waals surface area contributed by atoms with Crippen LogP contribution >= 0.6 is 0 Å². The molecule has 136 valence electrons. The van der Waals surface area contributed by atoms with Crippen LogP contribution in [0.1, 0.15) is 65.2 Å². The van der Waals surface area contributed by atoms with Crippen molar-refractivity contribution in [2.24, 2.45) is 4.99 Å². The molecular formula is C18H37N3O2. The van der Waals surface area contributed by atoms with E-state index < -0.39 is 0 Å². The fourth-order valence-corrected chi connectivity index (χ4v) is 2.80. The molecule has 1 fully saturated rings. The molecule has 0 unspecified atom stereocenters. The van der Waals surface area contributed by atoms with Gasteiger partial charge in [-0.15, -0.1) is 0 Å². The van der Waals surface area contributed by atoms with Gasteiger partial charge in [0.25, 0.3) is 0 Å². The molecule has 1 aliphatic heterocycles. The van der Waals surface area contributed by atoms with Gasteiger partial charge in [0.1, 0.15) is 0 Å². The van der Waals surface area contributed by atoms with Gasteiger partial charge >= 0.3 is 0 Å². The smallest absolute Gasteiger partial charge is 0.194 e. The van der Waals surface area contributed by atoms with Crippen molar-refractivity contribution in [3.8, 4) is 0 Å². The van der Waals surface area contributed by atoms with E-state index in [1.165, 1.54) is 38.5 Å². The van der Waals surface area contributed by atoms with E-state index in [9.17, 15) is 5.11 Å². The Labute approximate surface area is 142 Å². The first-order chi connectivity index (χ1) is 11.3. The third-order valence-corrected chi connectivity index (χ3v) is 4.15. The molecular weight excluding hydrogens is 290 g/mol. The molecule has 0 aromatic carbocycles. The summed E-state index contributed by atoms with van der Waals surface area (Å²) in [4.78, 5) is 6.78.